The summed E-state index contributed by atoms with van der Waals surface area (Å²) in [5.74, 6) is -0.398. The molecular weight excluding hydrogens is 389 g/mol. The molecule has 0 bridgehead atoms. The Morgan fingerprint density at radius 1 is 1.48 bits per heavy atom. The zero-order valence-electron chi connectivity index (χ0n) is 13.4. The van der Waals surface area contributed by atoms with E-state index >= 15 is 0 Å². The summed E-state index contributed by atoms with van der Waals surface area (Å²) in [5, 5.41) is 13.8. The van der Waals surface area contributed by atoms with Gasteiger partial charge in [-0.1, -0.05) is 29.3 Å². The van der Waals surface area contributed by atoms with E-state index in [1.54, 1.807) is 24.3 Å². The standard InChI is InChI=1S/C16H19Cl2NO5S/c1-22-16-15(13(20)7-10(24-16)8-23-25)19-14(21)5-3-9-2-4-11(17)12(18)6-9/h2-6,10,13,15-16,20,25H,7-8H2,1H3,(H,19,21). The Morgan fingerprint density at radius 3 is 2.88 bits per heavy atom. The number of nitrogens with one attached hydrogen (secondary N) is 1. The maximum atomic E-state index is 12.1. The number of methoxy groups -OCH3 is 1. The fraction of sp³-hybridized carbons (Fsp3) is 0.438. The zero-order chi connectivity index (χ0) is 18.4. The van der Waals surface area contributed by atoms with E-state index in [0.29, 0.717) is 16.5 Å². The topological polar surface area (TPSA) is 77.0 Å². The second kappa shape index (κ2) is 9.78. The van der Waals surface area contributed by atoms with Crippen molar-refractivity contribution in [2.75, 3.05) is 13.7 Å². The van der Waals surface area contributed by atoms with Crippen molar-refractivity contribution in [3.63, 3.8) is 0 Å². The van der Waals surface area contributed by atoms with Crippen LogP contribution in [0.2, 0.25) is 10.0 Å². The molecule has 6 nitrogen and oxygen atoms in total. The quantitative estimate of drug-likeness (QED) is 0.383. The molecule has 1 aromatic rings. The first-order chi connectivity index (χ1) is 11.9. The fourth-order valence-corrected chi connectivity index (χ4v) is 2.96. The van der Waals surface area contributed by atoms with Crippen molar-refractivity contribution in [1.82, 2.24) is 5.32 Å². The van der Waals surface area contributed by atoms with Gasteiger partial charge < -0.3 is 24.1 Å². The number of ether oxygens (including phenoxy) is 2. The number of hydrogen-bond acceptors (Lipinski definition) is 6. The van der Waals surface area contributed by atoms with E-state index in [1.165, 1.54) is 13.2 Å². The predicted octanol–water partition coefficient (Wildman–Crippen LogP) is 2.48. The Bertz CT molecular complexity index is 631. The molecule has 138 valence electrons. The highest BCUT2D eigenvalue weighted by Gasteiger charge is 2.38. The first-order valence-corrected chi connectivity index (χ1v) is 8.63. The molecule has 1 heterocycles. The SMILES string of the molecule is COC1OC(COS)CC(O)C1NC(=O)C=Cc1ccc(Cl)c(Cl)c1. The smallest absolute Gasteiger partial charge is 0.244 e. The van der Waals surface area contributed by atoms with Crippen molar-refractivity contribution in [3.8, 4) is 0 Å². The van der Waals surface area contributed by atoms with Gasteiger partial charge in [0.2, 0.25) is 5.91 Å². The van der Waals surface area contributed by atoms with Gasteiger partial charge in [-0.2, -0.15) is 0 Å². The van der Waals surface area contributed by atoms with Gasteiger partial charge >= 0.3 is 0 Å². The lowest BCUT2D eigenvalue weighted by molar-refractivity contribution is -0.224. The number of benzene rings is 1. The average Bonchev–Trinajstić information content (AvgIpc) is 2.58. The van der Waals surface area contributed by atoms with Gasteiger partial charge in [0.05, 0.1) is 28.9 Å². The van der Waals surface area contributed by atoms with E-state index in [9.17, 15) is 9.90 Å². The number of amides is 1. The third-order valence-electron chi connectivity index (χ3n) is 3.71. The Labute approximate surface area is 161 Å². The third kappa shape index (κ3) is 5.86. The normalized spacial score (nSPS) is 26.8. The molecule has 4 unspecified atom stereocenters. The van der Waals surface area contributed by atoms with Gasteiger partial charge in [-0.25, -0.2) is 0 Å². The van der Waals surface area contributed by atoms with E-state index in [1.807, 2.05) is 0 Å². The van der Waals surface area contributed by atoms with E-state index in [4.69, 9.17) is 36.9 Å². The second-order valence-corrected chi connectivity index (χ2v) is 6.57. The van der Waals surface area contributed by atoms with Crippen LogP contribution in [-0.4, -0.2) is 49.3 Å². The first-order valence-electron chi connectivity index (χ1n) is 7.51. The van der Waals surface area contributed by atoms with Crippen LogP contribution in [0.1, 0.15) is 12.0 Å². The van der Waals surface area contributed by atoms with Crippen LogP contribution in [0.4, 0.5) is 0 Å². The number of aliphatic hydroxyl groups is 1. The van der Waals surface area contributed by atoms with E-state index < -0.39 is 24.3 Å². The molecule has 0 saturated carbocycles. The van der Waals surface area contributed by atoms with Crippen molar-refractivity contribution in [2.45, 2.75) is 31.0 Å². The monoisotopic (exact) mass is 407 g/mol. The first kappa shape index (κ1) is 20.5. The van der Waals surface area contributed by atoms with Gasteiger partial charge in [0.25, 0.3) is 0 Å². The molecular formula is C16H19Cl2NO5S. The molecule has 0 radical (unpaired) electrons. The van der Waals surface area contributed by atoms with Crippen molar-refractivity contribution < 1.29 is 23.6 Å². The second-order valence-electron chi connectivity index (χ2n) is 5.50. The van der Waals surface area contributed by atoms with Crippen LogP contribution in [-0.2, 0) is 18.5 Å². The maximum absolute atomic E-state index is 12.1. The lowest BCUT2D eigenvalue weighted by Crippen LogP contribution is -2.58. The van der Waals surface area contributed by atoms with E-state index in [2.05, 4.69) is 18.2 Å². The molecule has 9 heteroatoms. The summed E-state index contributed by atoms with van der Waals surface area (Å²) in [4.78, 5) is 12.1. The van der Waals surface area contributed by atoms with Crippen molar-refractivity contribution >= 4 is 48.1 Å². The number of aliphatic hydroxyl groups excluding tert-OH is 1. The summed E-state index contributed by atoms with van der Waals surface area (Å²) in [5.41, 5.74) is 0.722. The van der Waals surface area contributed by atoms with Crippen molar-refractivity contribution in [3.05, 3.63) is 39.9 Å². The van der Waals surface area contributed by atoms with Crippen molar-refractivity contribution in [1.29, 1.82) is 0 Å². The van der Waals surface area contributed by atoms with E-state index in [0.717, 1.165) is 5.56 Å². The molecule has 1 fully saturated rings. The van der Waals surface area contributed by atoms with Crippen LogP contribution in [0.5, 0.6) is 0 Å². The highest BCUT2D eigenvalue weighted by molar-refractivity contribution is 7.75. The average molecular weight is 408 g/mol. The summed E-state index contributed by atoms with van der Waals surface area (Å²) < 4.78 is 15.6. The molecule has 25 heavy (non-hydrogen) atoms. The molecule has 4 atom stereocenters. The molecule has 1 saturated heterocycles. The van der Waals surface area contributed by atoms with Crippen LogP contribution < -0.4 is 5.32 Å². The highest BCUT2D eigenvalue weighted by Crippen LogP contribution is 2.24. The number of carbonyl (C=O) groups is 1. The molecule has 2 rings (SSSR count). The molecule has 0 aliphatic carbocycles. The summed E-state index contributed by atoms with van der Waals surface area (Å²) in [6.45, 7) is 0.206. The van der Waals surface area contributed by atoms with Gasteiger partial charge in [0, 0.05) is 19.6 Å². The number of halogens is 2. The maximum Gasteiger partial charge on any atom is 0.244 e. The Balaban J connectivity index is 1.98. The molecule has 2 N–H and O–H groups in total. The molecule has 1 aliphatic heterocycles. The third-order valence-corrected chi connectivity index (χ3v) is 4.60. The minimum absolute atomic E-state index is 0.206. The van der Waals surface area contributed by atoms with Crippen LogP contribution >= 0.6 is 36.1 Å². The zero-order valence-corrected chi connectivity index (χ0v) is 15.8. The van der Waals surface area contributed by atoms with Gasteiger partial charge in [0.1, 0.15) is 6.04 Å². The Hall–Kier alpha value is -0.800. The number of hydrogen-bond donors (Lipinski definition) is 3. The van der Waals surface area contributed by atoms with Gasteiger partial charge in [-0.05, 0) is 36.7 Å². The largest absolute Gasteiger partial charge is 0.391 e. The lowest BCUT2D eigenvalue weighted by atomic mass is 10.00. The number of carbonyl (C=O) groups excluding carboxylic acids is 1. The summed E-state index contributed by atoms with van der Waals surface area (Å²) in [7, 11) is 1.44. The summed E-state index contributed by atoms with van der Waals surface area (Å²) in [6, 6.07) is 4.32. The fourth-order valence-electron chi connectivity index (χ4n) is 2.48. The van der Waals surface area contributed by atoms with Crippen LogP contribution in [0, 0.1) is 0 Å². The summed E-state index contributed by atoms with van der Waals surface area (Å²) in [6.07, 6.45) is 1.22. The van der Waals surface area contributed by atoms with Crippen LogP contribution in [0.3, 0.4) is 0 Å². The predicted molar refractivity (Wildman–Crippen MR) is 98.7 cm³/mol. The Morgan fingerprint density at radius 2 is 2.24 bits per heavy atom. The minimum atomic E-state index is -0.838. The van der Waals surface area contributed by atoms with Crippen molar-refractivity contribution in [2.24, 2.45) is 0 Å². The van der Waals surface area contributed by atoms with E-state index in [-0.39, 0.29) is 12.7 Å². The highest BCUT2D eigenvalue weighted by atomic mass is 35.5. The minimum Gasteiger partial charge on any atom is -0.391 e. The van der Waals surface area contributed by atoms with Crippen LogP contribution in [0.15, 0.2) is 24.3 Å². The van der Waals surface area contributed by atoms with Gasteiger partial charge in [0.15, 0.2) is 6.29 Å². The number of rotatable bonds is 6. The van der Waals surface area contributed by atoms with Crippen LogP contribution in [0.25, 0.3) is 6.08 Å². The Kier molecular flexibility index (Phi) is 8.02. The molecule has 0 spiro atoms. The molecule has 1 amide bonds. The summed E-state index contributed by atoms with van der Waals surface area (Å²) >= 11 is 15.5. The van der Waals surface area contributed by atoms with Gasteiger partial charge in [-0.15, -0.1) is 0 Å². The van der Waals surface area contributed by atoms with Gasteiger partial charge in [-0.3, -0.25) is 4.79 Å². The lowest BCUT2D eigenvalue weighted by Gasteiger charge is -2.38. The molecule has 1 aromatic carbocycles. The molecule has 1 aliphatic rings. The number of thiol groups is 1. The molecule has 0 aromatic heterocycles.